The number of hydrogen-bond acceptors (Lipinski definition) is 0. The fourth-order valence-electron chi connectivity index (χ4n) is 0. The molecule has 16 valence electrons. The predicted octanol–water partition coefficient (Wildman–Crippen LogP) is -0.999. The Labute approximate surface area is 102 Å². The van der Waals surface area contributed by atoms with Crippen molar-refractivity contribution in [3.05, 3.63) is 0 Å². The molecule has 0 amide bonds. The molecule has 0 aromatic rings. The molecule has 0 aliphatic carbocycles. The Morgan fingerprint density at radius 2 is 0.750 bits per heavy atom. The van der Waals surface area contributed by atoms with E-state index < -0.39 is 0 Å². The molecule has 0 saturated carbocycles. The van der Waals surface area contributed by atoms with Crippen molar-refractivity contribution in [2.75, 3.05) is 0 Å². The summed E-state index contributed by atoms with van der Waals surface area (Å²) in [5, 5.41) is 0. The van der Waals surface area contributed by atoms with Crippen LogP contribution in [0.4, 0.5) is 0 Å². The molecule has 0 spiro atoms. The number of hydrogen-bond donors (Lipinski definition) is 0. The molecule has 0 fully saturated rings. The summed E-state index contributed by atoms with van der Waals surface area (Å²) in [7, 11) is 0. The van der Waals surface area contributed by atoms with Gasteiger partial charge in [0.1, 0.15) is 0 Å². The van der Waals surface area contributed by atoms with Gasteiger partial charge in [0.15, 0.2) is 0 Å². The van der Waals surface area contributed by atoms with E-state index in [0.29, 0.717) is 0 Å². The summed E-state index contributed by atoms with van der Waals surface area (Å²) in [5.41, 5.74) is 0. The van der Waals surface area contributed by atoms with Crippen LogP contribution in [0.15, 0.2) is 0 Å². The summed E-state index contributed by atoms with van der Waals surface area (Å²) in [5.74, 6) is 0. The van der Waals surface area contributed by atoms with Gasteiger partial charge in [0.05, 0.1) is 0 Å². The first-order valence-corrected chi connectivity index (χ1v) is 0. The molecule has 4 heteroatoms. The van der Waals surface area contributed by atoms with Crippen molar-refractivity contribution >= 4 is 94.4 Å². The van der Waals surface area contributed by atoms with Crippen LogP contribution in [-0.4, -0.2) is 94.4 Å². The molecule has 0 N–H and O–H groups in total. The van der Waals surface area contributed by atoms with Crippen molar-refractivity contribution in [2.24, 2.45) is 0 Å². The van der Waals surface area contributed by atoms with Crippen LogP contribution in [0, 0.1) is 0 Å². The van der Waals surface area contributed by atoms with Gasteiger partial charge in [-0.3, -0.25) is 0 Å². The molecule has 0 rings (SSSR count). The van der Waals surface area contributed by atoms with E-state index in [1.807, 2.05) is 0 Å². The molecule has 0 unspecified atom stereocenters. The van der Waals surface area contributed by atoms with Crippen LogP contribution in [0.5, 0.6) is 0 Å². The third-order valence-electron chi connectivity index (χ3n) is 0. The van der Waals surface area contributed by atoms with E-state index in [-0.39, 0.29) is 105 Å². The zero-order valence-corrected chi connectivity index (χ0v) is 10.1. The maximum atomic E-state index is 0. The molecular formula is BaO2Sr. The smallest absolute Gasteiger partial charge is 2.00 e. The molecule has 4 heavy (non-hydrogen) atoms. The first kappa shape index (κ1) is 28.2. The Hall–Kier alpha value is 2.97. The third kappa shape index (κ3) is 8.88. The van der Waals surface area contributed by atoms with Crippen LogP contribution < -0.4 is 0 Å². The van der Waals surface area contributed by atoms with E-state index in [1.54, 1.807) is 0 Å². The van der Waals surface area contributed by atoms with Crippen molar-refractivity contribution in [3.8, 4) is 0 Å². The summed E-state index contributed by atoms with van der Waals surface area (Å²) in [6.07, 6.45) is 0. The minimum atomic E-state index is 0. The largest absolute Gasteiger partial charge is 2.00 e. The van der Waals surface area contributed by atoms with Gasteiger partial charge in [0.25, 0.3) is 0 Å². The van der Waals surface area contributed by atoms with Gasteiger partial charge in [0.2, 0.25) is 0 Å². The van der Waals surface area contributed by atoms with Gasteiger partial charge in [-0.2, -0.15) is 0 Å². The predicted molar refractivity (Wildman–Crippen MR) is 12.9 cm³/mol. The van der Waals surface area contributed by atoms with Crippen LogP contribution in [-0.2, 0) is 11.0 Å². The SMILES string of the molecule is [Ba+2].[O-2].[O-2].[Sr+2]. The van der Waals surface area contributed by atoms with Crippen LogP contribution in [0.1, 0.15) is 0 Å². The van der Waals surface area contributed by atoms with E-state index in [1.165, 1.54) is 0 Å². The van der Waals surface area contributed by atoms with Gasteiger partial charge in [-0.05, 0) is 0 Å². The summed E-state index contributed by atoms with van der Waals surface area (Å²) in [6.45, 7) is 0. The van der Waals surface area contributed by atoms with Crippen LogP contribution in [0.25, 0.3) is 0 Å². The zero-order chi connectivity index (χ0) is 0. The quantitative estimate of drug-likeness (QED) is 0.500. The van der Waals surface area contributed by atoms with Gasteiger partial charge < -0.3 is 11.0 Å². The molecule has 0 aromatic heterocycles. The van der Waals surface area contributed by atoms with Gasteiger partial charge in [0, 0.05) is 0 Å². The standard InChI is InChI=1S/Ba.2O.Sr/q+2;2*-2;+2. The Morgan fingerprint density at radius 3 is 0.750 bits per heavy atom. The molecule has 2 nitrogen and oxygen atoms in total. The summed E-state index contributed by atoms with van der Waals surface area (Å²) < 4.78 is 0. The van der Waals surface area contributed by atoms with Gasteiger partial charge in [-0.15, -0.1) is 0 Å². The molecule has 0 saturated heterocycles. The molecule has 0 aromatic carbocycles. The molecule has 0 atom stereocenters. The van der Waals surface area contributed by atoms with E-state index >= 15 is 0 Å². The van der Waals surface area contributed by atoms with E-state index in [9.17, 15) is 0 Å². The van der Waals surface area contributed by atoms with Gasteiger partial charge in [-0.25, -0.2) is 0 Å². The fourth-order valence-corrected chi connectivity index (χ4v) is 0. The minimum Gasteiger partial charge on any atom is -2.00 e. The minimum absolute atomic E-state index is 0. The Balaban J connectivity index is 0. The summed E-state index contributed by atoms with van der Waals surface area (Å²) in [4.78, 5) is 0. The average Bonchev–Trinajstić information content (AvgIpc) is 0. The van der Waals surface area contributed by atoms with Crippen molar-refractivity contribution in [1.29, 1.82) is 0 Å². The van der Waals surface area contributed by atoms with E-state index in [4.69, 9.17) is 0 Å². The molecular weight excluding hydrogens is 257 g/mol. The average molecular weight is 257 g/mol. The third-order valence-corrected chi connectivity index (χ3v) is 0. The van der Waals surface area contributed by atoms with Gasteiger partial charge in [-0.1, -0.05) is 0 Å². The fraction of sp³-hybridized carbons (Fsp3) is 0. The Morgan fingerprint density at radius 1 is 0.750 bits per heavy atom. The van der Waals surface area contributed by atoms with E-state index in [2.05, 4.69) is 0 Å². The van der Waals surface area contributed by atoms with Gasteiger partial charge >= 0.3 is 94.4 Å². The second-order valence-corrected chi connectivity index (χ2v) is 0. The van der Waals surface area contributed by atoms with Crippen molar-refractivity contribution in [3.63, 3.8) is 0 Å². The molecule has 0 heterocycles. The molecule has 0 aliphatic heterocycles. The summed E-state index contributed by atoms with van der Waals surface area (Å²) in [6, 6.07) is 0. The van der Waals surface area contributed by atoms with Crippen molar-refractivity contribution in [2.45, 2.75) is 0 Å². The second-order valence-electron chi connectivity index (χ2n) is 0. The first-order valence-electron chi connectivity index (χ1n) is 0. The Kier molecular flexibility index (Phi) is 118. The van der Waals surface area contributed by atoms with Crippen LogP contribution in [0.2, 0.25) is 0 Å². The van der Waals surface area contributed by atoms with E-state index in [0.717, 1.165) is 0 Å². The molecule has 0 aliphatic rings. The van der Waals surface area contributed by atoms with Crippen molar-refractivity contribution in [1.82, 2.24) is 0 Å². The monoisotopic (exact) mass is 258 g/mol. The maximum absolute atomic E-state index is 0. The Bertz CT molecular complexity index is 6.00. The summed E-state index contributed by atoms with van der Waals surface area (Å²) >= 11 is 0. The second kappa shape index (κ2) is 16.7. The topological polar surface area (TPSA) is 57.0 Å². The van der Waals surface area contributed by atoms with Crippen LogP contribution >= 0.6 is 0 Å². The number of rotatable bonds is 0. The molecule has 0 bridgehead atoms. The van der Waals surface area contributed by atoms with Crippen molar-refractivity contribution < 1.29 is 11.0 Å². The first-order chi connectivity index (χ1) is 0. The molecule has 0 radical (unpaired) electrons. The normalized spacial score (nSPS) is 0. The maximum Gasteiger partial charge on any atom is 2.00 e. The van der Waals surface area contributed by atoms with Crippen LogP contribution in [0.3, 0.4) is 0 Å². The zero-order valence-electron chi connectivity index (χ0n) is 2.23.